The lowest BCUT2D eigenvalue weighted by Crippen LogP contribution is -1.93. The minimum atomic E-state index is 0.559. The average Bonchev–Trinajstić information content (AvgIpc) is 1.88. The summed E-state index contributed by atoms with van der Waals surface area (Å²) in [5.41, 5.74) is 0.559. The van der Waals surface area contributed by atoms with Gasteiger partial charge >= 0.3 is 0 Å². The molecule has 0 spiro atoms. The van der Waals surface area contributed by atoms with Crippen molar-refractivity contribution in [3.05, 3.63) is 19.3 Å². The highest BCUT2D eigenvalue weighted by Crippen LogP contribution is 2.12. The van der Waals surface area contributed by atoms with Gasteiger partial charge in [-0.25, -0.2) is 9.97 Å². The van der Waals surface area contributed by atoms with Crippen molar-refractivity contribution >= 4 is 45.2 Å². The second-order valence-corrected chi connectivity index (χ2v) is 3.49. The lowest BCUT2D eigenvalue weighted by atomic mass is 10.4. The van der Waals surface area contributed by atoms with Gasteiger partial charge in [-0.15, -0.1) is 0 Å². The Morgan fingerprint density at radius 1 is 1.30 bits per heavy atom. The highest BCUT2D eigenvalue weighted by atomic mass is 127. The molecule has 10 heavy (non-hydrogen) atoms. The van der Waals surface area contributed by atoms with Crippen molar-refractivity contribution in [2.75, 3.05) is 0 Å². The van der Waals surface area contributed by atoms with E-state index < -0.39 is 0 Å². The predicted octanol–water partition coefficient (Wildman–Crippen LogP) is 1.56. The molecule has 0 saturated carbocycles. The third kappa shape index (κ3) is 1.54. The van der Waals surface area contributed by atoms with Crippen LogP contribution in [0.4, 0.5) is 0 Å². The molecule has 0 radical (unpaired) electrons. The molecule has 0 unspecified atom stereocenters. The van der Waals surface area contributed by atoms with Gasteiger partial charge in [0.2, 0.25) is 0 Å². The van der Waals surface area contributed by atoms with Gasteiger partial charge in [0, 0.05) is 0 Å². The van der Waals surface area contributed by atoms with Crippen LogP contribution in [0.3, 0.4) is 0 Å². The third-order valence-corrected chi connectivity index (χ3v) is 2.50. The van der Waals surface area contributed by atoms with E-state index in [1.165, 1.54) is 6.33 Å². The summed E-state index contributed by atoms with van der Waals surface area (Å²) in [7, 11) is 0. The minimum Gasteiger partial charge on any atom is -0.229 e. The van der Waals surface area contributed by atoms with Crippen LogP contribution in [0, 0.1) is 18.7 Å². The molecule has 0 aliphatic heterocycles. The number of hydrogen-bond donors (Lipinski definition) is 0. The molecule has 1 aromatic rings. The van der Waals surface area contributed by atoms with Crippen LogP contribution in [0.15, 0.2) is 6.33 Å². The Morgan fingerprint density at radius 3 is 2.10 bits per heavy atom. The molecule has 0 bridgehead atoms. The lowest BCUT2D eigenvalue weighted by molar-refractivity contribution is 1.09. The number of halogens is 2. The van der Waals surface area contributed by atoms with Gasteiger partial charge in [-0.3, -0.25) is 0 Å². The SMILES string of the molecule is N#Cc1c(I)ncnc1I. The summed E-state index contributed by atoms with van der Waals surface area (Å²) in [6, 6.07) is 2.02. The summed E-state index contributed by atoms with van der Waals surface area (Å²) in [6.07, 6.45) is 1.45. The Labute approximate surface area is 85.2 Å². The quantitative estimate of drug-likeness (QED) is 0.523. The van der Waals surface area contributed by atoms with E-state index in [9.17, 15) is 0 Å². The zero-order chi connectivity index (χ0) is 7.56. The zero-order valence-electron chi connectivity index (χ0n) is 4.67. The van der Waals surface area contributed by atoms with Crippen LogP contribution >= 0.6 is 45.2 Å². The topological polar surface area (TPSA) is 49.6 Å². The van der Waals surface area contributed by atoms with E-state index >= 15 is 0 Å². The van der Waals surface area contributed by atoms with Gasteiger partial charge in [-0.1, -0.05) is 0 Å². The van der Waals surface area contributed by atoms with Crippen molar-refractivity contribution in [3.63, 3.8) is 0 Å². The number of hydrogen-bond acceptors (Lipinski definition) is 3. The largest absolute Gasteiger partial charge is 0.229 e. The lowest BCUT2D eigenvalue weighted by Gasteiger charge is -1.93. The Balaban J connectivity index is 3.34. The van der Waals surface area contributed by atoms with Crippen LogP contribution in [-0.4, -0.2) is 9.97 Å². The first-order valence-corrected chi connectivity index (χ1v) is 4.47. The van der Waals surface area contributed by atoms with Crippen LogP contribution in [0.2, 0.25) is 0 Å². The van der Waals surface area contributed by atoms with Crippen LogP contribution in [-0.2, 0) is 0 Å². The summed E-state index contributed by atoms with van der Waals surface area (Å²) in [4.78, 5) is 7.72. The van der Waals surface area contributed by atoms with E-state index in [1.54, 1.807) is 0 Å². The van der Waals surface area contributed by atoms with Crippen LogP contribution in [0.1, 0.15) is 5.56 Å². The van der Waals surface area contributed by atoms with E-state index in [0.717, 1.165) is 0 Å². The maximum Gasteiger partial charge on any atom is 0.123 e. The summed E-state index contributed by atoms with van der Waals surface area (Å²) < 4.78 is 1.42. The molecular formula is C5HI2N3. The van der Waals surface area contributed by atoms with Gasteiger partial charge in [0.15, 0.2) is 0 Å². The Hall–Kier alpha value is 0.0300. The van der Waals surface area contributed by atoms with E-state index in [0.29, 0.717) is 13.0 Å². The first-order chi connectivity index (χ1) is 4.75. The fourth-order valence-electron chi connectivity index (χ4n) is 0.437. The van der Waals surface area contributed by atoms with Crippen LogP contribution in [0.25, 0.3) is 0 Å². The van der Waals surface area contributed by atoms with Crippen molar-refractivity contribution in [2.24, 2.45) is 0 Å². The number of nitriles is 1. The zero-order valence-corrected chi connectivity index (χ0v) is 8.99. The smallest absolute Gasteiger partial charge is 0.123 e. The molecule has 5 heteroatoms. The fraction of sp³-hybridized carbons (Fsp3) is 0. The fourth-order valence-corrected chi connectivity index (χ4v) is 1.95. The number of rotatable bonds is 0. The number of aromatic nitrogens is 2. The van der Waals surface area contributed by atoms with Gasteiger partial charge in [-0.2, -0.15) is 5.26 Å². The maximum atomic E-state index is 8.56. The molecule has 1 rings (SSSR count). The average molecular weight is 357 g/mol. The Kier molecular flexibility index (Phi) is 2.79. The predicted molar refractivity (Wildman–Crippen MR) is 52.2 cm³/mol. The van der Waals surface area contributed by atoms with Crippen molar-refractivity contribution in [1.82, 2.24) is 9.97 Å². The molecule has 50 valence electrons. The molecule has 0 aliphatic rings. The third-order valence-electron chi connectivity index (χ3n) is 0.867. The summed E-state index contributed by atoms with van der Waals surface area (Å²) in [5, 5.41) is 8.56. The summed E-state index contributed by atoms with van der Waals surface area (Å²) >= 11 is 4.02. The molecule has 1 aromatic heterocycles. The second kappa shape index (κ2) is 3.43. The molecule has 0 N–H and O–H groups in total. The maximum absolute atomic E-state index is 8.56. The van der Waals surface area contributed by atoms with E-state index in [4.69, 9.17) is 5.26 Å². The molecular weight excluding hydrogens is 356 g/mol. The number of nitrogens with zero attached hydrogens (tertiary/aromatic N) is 3. The van der Waals surface area contributed by atoms with E-state index in [1.807, 2.05) is 51.3 Å². The normalized spacial score (nSPS) is 8.90. The Morgan fingerprint density at radius 2 is 1.80 bits per heavy atom. The van der Waals surface area contributed by atoms with Crippen LogP contribution in [0.5, 0.6) is 0 Å². The molecule has 0 amide bonds. The highest BCUT2D eigenvalue weighted by Gasteiger charge is 2.03. The van der Waals surface area contributed by atoms with Gasteiger partial charge in [0.1, 0.15) is 25.4 Å². The first kappa shape index (κ1) is 8.13. The van der Waals surface area contributed by atoms with Gasteiger partial charge in [0.05, 0.1) is 0 Å². The van der Waals surface area contributed by atoms with E-state index in [2.05, 4.69) is 9.97 Å². The van der Waals surface area contributed by atoms with Gasteiger partial charge in [0.25, 0.3) is 0 Å². The molecule has 0 fully saturated rings. The van der Waals surface area contributed by atoms with Crippen molar-refractivity contribution in [3.8, 4) is 6.07 Å². The molecule has 0 atom stereocenters. The molecule has 3 nitrogen and oxygen atoms in total. The monoisotopic (exact) mass is 357 g/mol. The summed E-state index contributed by atoms with van der Waals surface area (Å²) in [5.74, 6) is 0. The highest BCUT2D eigenvalue weighted by molar-refractivity contribution is 14.1. The Bertz CT molecular complexity index is 271. The first-order valence-electron chi connectivity index (χ1n) is 2.32. The van der Waals surface area contributed by atoms with E-state index in [-0.39, 0.29) is 0 Å². The van der Waals surface area contributed by atoms with Gasteiger partial charge in [-0.05, 0) is 45.2 Å². The van der Waals surface area contributed by atoms with Crippen molar-refractivity contribution in [2.45, 2.75) is 0 Å². The molecule has 0 saturated heterocycles. The summed E-state index contributed by atoms with van der Waals surface area (Å²) in [6.45, 7) is 0. The van der Waals surface area contributed by atoms with Crippen molar-refractivity contribution in [1.29, 1.82) is 5.26 Å². The minimum absolute atomic E-state index is 0.559. The molecule has 0 aromatic carbocycles. The molecule has 1 heterocycles. The van der Waals surface area contributed by atoms with Gasteiger partial charge < -0.3 is 0 Å². The van der Waals surface area contributed by atoms with Crippen LogP contribution < -0.4 is 0 Å². The second-order valence-electron chi connectivity index (χ2n) is 1.44. The van der Waals surface area contributed by atoms with Crippen molar-refractivity contribution < 1.29 is 0 Å². The standard InChI is InChI=1S/C5HI2N3/c6-4-3(1-8)5(7)10-2-9-4/h2H. The molecule has 0 aliphatic carbocycles.